The van der Waals surface area contributed by atoms with Crippen LogP contribution in [0.15, 0.2) is 18.2 Å². The second-order valence-electron chi connectivity index (χ2n) is 6.95. The van der Waals surface area contributed by atoms with E-state index in [-0.39, 0.29) is 23.4 Å². The molecular weight excluding hydrogens is 322 g/mol. The summed E-state index contributed by atoms with van der Waals surface area (Å²) in [5, 5.41) is 14.4. The molecule has 1 aliphatic heterocycles. The van der Waals surface area contributed by atoms with E-state index in [0.29, 0.717) is 31.0 Å². The summed E-state index contributed by atoms with van der Waals surface area (Å²) >= 11 is 0. The highest BCUT2D eigenvalue weighted by molar-refractivity contribution is 5.76. The Morgan fingerprint density at radius 2 is 2.24 bits per heavy atom. The van der Waals surface area contributed by atoms with Gasteiger partial charge >= 0.3 is 5.69 Å². The fourth-order valence-corrected chi connectivity index (χ4v) is 3.12. The van der Waals surface area contributed by atoms with Gasteiger partial charge < -0.3 is 10.1 Å². The molecule has 1 N–H and O–H groups in total. The number of rotatable bonds is 8. The minimum Gasteiger partial charge on any atom is -0.490 e. The maximum absolute atomic E-state index is 12.0. The summed E-state index contributed by atoms with van der Waals surface area (Å²) in [6, 6.07) is 5.24. The van der Waals surface area contributed by atoms with Crippen molar-refractivity contribution in [2.24, 2.45) is 5.92 Å². The monoisotopic (exact) mass is 349 g/mol. The zero-order valence-corrected chi connectivity index (χ0v) is 15.2. The van der Waals surface area contributed by atoms with Gasteiger partial charge in [0.2, 0.25) is 5.91 Å². The molecule has 138 valence electrons. The molecule has 1 amide bonds. The number of para-hydroxylation sites is 1. The zero-order chi connectivity index (χ0) is 18.4. The van der Waals surface area contributed by atoms with Crippen LogP contribution in [0.5, 0.6) is 5.75 Å². The van der Waals surface area contributed by atoms with Crippen LogP contribution in [0.1, 0.15) is 38.7 Å². The average molecular weight is 349 g/mol. The summed E-state index contributed by atoms with van der Waals surface area (Å²) in [5.41, 5.74) is 0.658. The van der Waals surface area contributed by atoms with E-state index in [1.807, 2.05) is 0 Å². The van der Waals surface area contributed by atoms with E-state index in [1.165, 1.54) is 7.11 Å². The van der Waals surface area contributed by atoms with Crippen molar-refractivity contribution < 1.29 is 14.5 Å². The molecule has 1 aromatic carbocycles. The van der Waals surface area contributed by atoms with E-state index >= 15 is 0 Å². The number of nitrogens with one attached hydrogen (secondary N) is 1. The molecule has 1 atom stereocenters. The fourth-order valence-electron chi connectivity index (χ4n) is 3.12. The SMILES string of the molecule is COc1cccc(CN2CCC(NC(=O)CCC(C)C)C2)c1[N+](=O)[O-]. The normalized spacial score (nSPS) is 17.7. The highest BCUT2D eigenvalue weighted by Crippen LogP contribution is 2.31. The molecule has 0 saturated carbocycles. The molecule has 7 heteroatoms. The van der Waals surface area contributed by atoms with Crippen LogP contribution in [0.3, 0.4) is 0 Å². The van der Waals surface area contributed by atoms with Gasteiger partial charge in [-0.15, -0.1) is 0 Å². The molecule has 7 nitrogen and oxygen atoms in total. The number of nitrogens with zero attached hydrogens (tertiary/aromatic N) is 2. The van der Waals surface area contributed by atoms with Crippen molar-refractivity contribution in [3.05, 3.63) is 33.9 Å². The van der Waals surface area contributed by atoms with Crippen LogP contribution in [0, 0.1) is 16.0 Å². The summed E-state index contributed by atoms with van der Waals surface area (Å²) in [4.78, 5) is 25.1. The second-order valence-corrected chi connectivity index (χ2v) is 6.95. The summed E-state index contributed by atoms with van der Waals surface area (Å²) < 4.78 is 5.11. The van der Waals surface area contributed by atoms with Gasteiger partial charge in [0.15, 0.2) is 5.75 Å². The summed E-state index contributed by atoms with van der Waals surface area (Å²) in [5.74, 6) is 0.882. The average Bonchev–Trinajstić information content (AvgIpc) is 2.99. The predicted octanol–water partition coefficient (Wildman–Crippen LogP) is 2.73. The number of amides is 1. The maximum atomic E-state index is 12.0. The molecule has 1 saturated heterocycles. The largest absolute Gasteiger partial charge is 0.490 e. The van der Waals surface area contributed by atoms with Crippen LogP contribution in [0.25, 0.3) is 0 Å². The molecule has 1 heterocycles. The van der Waals surface area contributed by atoms with Gasteiger partial charge in [-0.05, 0) is 24.8 Å². The number of nitro groups is 1. The summed E-state index contributed by atoms with van der Waals surface area (Å²) in [6.45, 7) is 6.20. The summed E-state index contributed by atoms with van der Waals surface area (Å²) in [6.07, 6.45) is 2.30. The van der Waals surface area contributed by atoms with Crippen molar-refractivity contribution in [1.82, 2.24) is 10.2 Å². The lowest BCUT2D eigenvalue weighted by atomic mass is 10.1. The number of nitro benzene ring substituents is 1. The zero-order valence-electron chi connectivity index (χ0n) is 15.2. The molecule has 0 aliphatic carbocycles. The van der Waals surface area contributed by atoms with Crippen molar-refractivity contribution in [3.63, 3.8) is 0 Å². The third-order valence-electron chi connectivity index (χ3n) is 4.47. The number of methoxy groups -OCH3 is 1. The van der Waals surface area contributed by atoms with Crippen molar-refractivity contribution in [1.29, 1.82) is 0 Å². The lowest BCUT2D eigenvalue weighted by Gasteiger charge is -2.17. The molecule has 0 radical (unpaired) electrons. The lowest BCUT2D eigenvalue weighted by Crippen LogP contribution is -2.37. The molecule has 1 aliphatic rings. The number of ether oxygens (including phenoxy) is 1. The first-order valence-electron chi connectivity index (χ1n) is 8.72. The van der Waals surface area contributed by atoms with Crippen molar-refractivity contribution in [2.75, 3.05) is 20.2 Å². The molecule has 25 heavy (non-hydrogen) atoms. The van der Waals surface area contributed by atoms with Gasteiger partial charge in [0.1, 0.15) is 0 Å². The molecule has 2 rings (SSSR count). The Balaban J connectivity index is 1.93. The van der Waals surface area contributed by atoms with Gasteiger partial charge in [-0.1, -0.05) is 26.0 Å². The molecule has 1 fully saturated rings. The van der Waals surface area contributed by atoms with Gasteiger partial charge in [-0.3, -0.25) is 19.8 Å². The van der Waals surface area contributed by atoms with Gasteiger partial charge in [0, 0.05) is 37.7 Å². The number of benzene rings is 1. The summed E-state index contributed by atoms with van der Waals surface area (Å²) in [7, 11) is 1.44. The van der Waals surface area contributed by atoms with Crippen molar-refractivity contribution in [3.8, 4) is 5.75 Å². The maximum Gasteiger partial charge on any atom is 0.315 e. The number of hydrogen-bond donors (Lipinski definition) is 1. The first-order valence-corrected chi connectivity index (χ1v) is 8.72. The number of carbonyl (C=O) groups is 1. The Bertz CT molecular complexity index is 618. The van der Waals surface area contributed by atoms with E-state index in [0.717, 1.165) is 19.4 Å². The molecule has 0 aromatic heterocycles. The van der Waals surface area contributed by atoms with Crippen LogP contribution in [-0.2, 0) is 11.3 Å². The smallest absolute Gasteiger partial charge is 0.315 e. The van der Waals surface area contributed by atoms with Crippen LogP contribution in [-0.4, -0.2) is 42.0 Å². The highest BCUT2D eigenvalue weighted by Gasteiger charge is 2.27. The first-order chi connectivity index (χ1) is 11.9. The minimum atomic E-state index is -0.393. The Morgan fingerprint density at radius 3 is 2.88 bits per heavy atom. The van der Waals surface area contributed by atoms with E-state index in [2.05, 4.69) is 24.1 Å². The van der Waals surface area contributed by atoms with Gasteiger partial charge in [-0.25, -0.2) is 0 Å². The molecular formula is C18H27N3O4. The van der Waals surface area contributed by atoms with Gasteiger partial charge in [0.05, 0.1) is 12.0 Å². The van der Waals surface area contributed by atoms with E-state index < -0.39 is 4.92 Å². The second kappa shape index (κ2) is 8.80. The first kappa shape index (κ1) is 19.2. The van der Waals surface area contributed by atoms with E-state index in [1.54, 1.807) is 18.2 Å². The number of hydrogen-bond acceptors (Lipinski definition) is 5. The Kier molecular flexibility index (Phi) is 6.75. The van der Waals surface area contributed by atoms with Crippen molar-refractivity contribution >= 4 is 11.6 Å². The predicted molar refractivity (Wildman–Crippen MR) is 95.5 cm³/mol. The standard InChI is InChI=1S/C18H27N3O4/c1-13(2)7-8-17(22)19-15-9-10-20(12-15)11-14-5-4-6-16(25-3)18(14)21(23)24/h4-6,13,15H,7-12H2,1-3H3,(H,19,22). The molecule has 1 aromatic rings. The molecule has 1 unspecified atom stereocenters. The molecule has 0 spiro atoms. The van der Waals surface area contributed by atoms with Crippen LogP contribution < -0.4 is 10.1 Å². The van der Waals surface area contributed by atoms with E-state index in [4.69, 9.17) is 4.74 Å². The number of likely N-dealkylation sites (tertiary alicyclic amines) is 1. The quantitative estimate of drug-likeness (QED) is 0.576. The van der Waals surface area contributed by atoms with Crippen molar-refractivity contribution in [2.45, 2.75) is 45.7 Å². The minimum absolute atomic E-state index is 0.0226. The van der Waals surface area contributed by atoms with Crippen LogP contribution in [0.4, 0.5) is 5.69 Å². The Labute approximate surface area is 148 Å². The van der Waals surface area contributed by atoms with Gasteiger partial charge in [-0.2, -0.15) is 0 Å². The van der Waals surface area contributed by atoms with Crippen LogP contribution in [0.2, 0.25) is 0 Å². The number of carbonyl (C=O) groups excluding carboxylic acids is 1. The third-order valence-corrected chi connectivity index (χ3v) is 4.47. The molecule has 0 bridgehead atoms. The lowest BCUT2D eigenvalue weighted by molar-refractivity contribution is -0.386. The Morgan fingerprint density at radius 1 is 1.48 bits per heavy atom. The van der Waals surface area contributed by atoms with Gasteiger partial charge in [0.25, 0.3) is 0 Å². The fraction of sp³-hybridized carbons (Fsp3) is 0.611. The Hall–Kier alpha value is -2.15. The highest BCUT2D eigenvalue weighted by atomic mass is 16.6. The topological polar surface area (TPSA) is 84.7 Å². The van der Waals surface area contributed by atoms with E-state index in [9.17, 15) is 14.9 Å². The van der Waals surface area contributed by atoms with Crippen LogP contribution >= 0.6 is 0 Å². The third kappa shape index (κ3) is 5.42.